The van der Waals surface area contributed by atoms with Crippen LogP contribution in [0.2, 0.25) is 0 Å². The minimum atomic E-state index is -3.53. The summed E-state index contributed by atoms with van der Waals surface area (Å²) in [6.07, 6.45) is 3.21. The van der Waals surface area contributed by atoms with Crippen molar-refractivity contribution in [2.24, 2.45) is 0 Å². The van der Waals surface area contributed by atoms with E-state index in [1.54, 1.807) is 18.7 Å². The van der Waals surface area contributed by atoms with Gasteiger partial charge in [-0.1, -0.05) is 0 Å². The summed E-state index contributed by atoms with van der Waals surface area (Å²) < 4.78 is 67.9. The molecule has 4 aliphatic rings. The predicted molar refractivity (Wildman–Crippen MR) is 114 cm³/mol. The van der Waals surface area contributed by atoms with Gasteiger partial charge in [0.05, 0.1) is 24.0 Å². The van der Waals surface area contributed by atoms with Crippen molar-refractivity contribution < 1.29 is 31.5 Å². The number of fused-ring (bicyclic) bond motifs is 5. The lowest BCUT2D eigenvalue weighted by molar-refractivity contribution is -0.136. The highest BCUT2D eigenvalue weighted by molar-refractivity contribution is 7.90. The zero-order valence-electron chi connectivity index (χ0n) is 18.4. The van der Waals surface area contributed by atoms with Gasteiger partial charge >= 0.3 is 0 Å². The quantitative estimate of drug-likeness (QED) is 0.731. The zero-order chi connectivity index (χ0) is 23.0. The maximum Gasteiger partial charge on any atom is 0.260 e. The van der Waals surface area contributed by atoms with Crippen molar-refractivity contribution >= 4 is 15.9 Å². The van der Waals surface area contributed by atoms with Gasteiger partial charge in [-0.2, -0.15) is 0 Å². The van der Waals surface area contributed by atoms with Crippen LogP contribution in [0.15, 0.2) is 12.1 Å². The molecule has 0 spiro atoms. The lowest BCUT2D eigenvalue weighted by atomic mass is 9.82. The number of nitrogens with one attached hydrogen (secondary N) is 1. The minimum absolute atomic E-state index is 0.0466. The van der Waals surface area contributed by atoms with Gasteiger partial charge in [0.1, 0.15) is 5.82 Å². The van der Waals surface area contributed by atoms with Crippen molar-refractivity contribution in [2.45, 2.75) is 75.3 Å². The fourth-order valence-electron chi connectivity index (χ4n) is 4.88. The molecule has 1 aromatic carbocycles. The normalized spacial score (nSPS) is 29.0. The number of amides is 1. The van der Waals surface area contributed by atoms with Crippen molar-refractivity contribution in [1.82, 2.24) is 9.62 Å². The Morgan fingerprint density at radius 1 is 1.12 bits per heavy atom. The van der Waals surface area contributed by atoms with Crippen LogP contribution in [-0.4, -0.2) is 62.4 Å². The van der Waals surface area contributed by atoms with Crippen molar-refractivity contribution in [1.29, 1.82) is 0 Å². The molecule has 1 amide bonds. The Labute approximate surface area is 187 Å². The SMILES string of the molecule is CC(C)S(=O)(=O)N[C@H]1CCN2C(=O)COc3c(F)cc(F)cc3C3CCC(CC3)OC[C@@H]12. The van der Waals surface area contributed by atoms with Crippen LogP contribution in [0.5, 0.6) is 5.75 Å². The molecule has 7 nitrogen and oxygen atoms in total. The van der Waals surface area contributed by atoms with Gasteiger partial charge in [-0.05, 0) is 57.9 Å². The van der Waals surface area contributed by atoms with Gasteiger partial charge in [0.2, 0.25) is 10.0 Å². The van der Waals surface area contributed by atoms with Crippen LogP contribution in [0.1, 0.15) is 57.4 Å². The molecule has 1 saturated heterocycles. The number of sulfonamides is 1. The van der Waals surface area contributed by atoms with Gasteiger partial charge in [-0.15, -0.1) is 0 Å². The van der Waals surface area contributed by atoms with Crippen LogP contribution >= 0.6 is 0 Å². The van der Waals surface area contributed by atoms with Crippen LogP contribution in [0.25, 0.3) is 0 Å². The third-order valence-corrected chi connectivity index (χ3v) is 8.67. The lowest BCUT2D eigenvalue weighted by Crippen LogP contribution is -2.51. The topological polar surface area (TPSA) is 84.9 Å². The highest BCUT2D eigenvalue weighted by Gasteiger charge is 2.41. The second-order valence-electron chi connectivity index (χ2n) is 9.16. The molecule has 178 valence electrons. The number of benzene rings is 1. The number of rotatable bonds is 3. The average Bonchev–Trinajstić information content (AvgIpc) is 3.12. The molecule has 3 aliphatic heterocycles. The lowest BCUT2D eigenvalue weighted by Gasteiger charge is -2.32. The summed E-state index contributed by atoms with van der Waals surface area (Å²) in [6.45, 7) is 3.34. The molecule has 10 heteroatoms. The summed E-state index contributed by atoms with van der Waals surface area (Å²) >= 11 is 0. The smallest absolute Gasteiger partial charge is 0.260 e. The number of hydrogen-bond donors (Lipinski definition) is 1. The monoisotopic (exact) mass is 472 g/mol. The number of carbonyl (C=O) groups is 1. The zero-order valence-corrected chi connectivity index (χ0v) is 19.2. The highest BCUT2D eigenvalue weighted by atomic mass is 32.2. The van der Waals surface area contributed by atoms with Crippen LogP contribution in [0.3, 0.4) is 0 Å². The first-order valence-corrected chi connectivity index (χ1v) is 12.7. The Hall–Kier alpha value is -1.78. The van der Waals surface area contributed by atoms with Crippen molar-refractivity contribution in [3.63, 3.8) is 0 Å². The number of halogens is 2. The van der Waals surface area contributed by atoms with Gasteiger partial charge in [0, 0.05) is 24.2 Å². The van der Waals surface area contributed by atoms with E-state index in [0.29, 0.717) is 44.2 Å². The average molecular weight is 473 g/mol. The predicted octanol–water partition coefficient (Wildman–Crippen LogP) is 2.70. The van der Waals surface area contributed by atoms with Gasteiger partial charge in [0.25, 0.3) is 5.91 Å². The number of ether oxygens (including phenoxy) is 2. The van der Waals surface area contributed by atoms with Gasteiger partial charge in [-0.3, -0.25) is 4.79 Å². The molecule has 1 N–H and O–H groups in total. The van der Waals surface area contributed by atoms with E-state index in [-0.39, 0.29) is 30.3 Å². The second kappa shape index (κ2) is 9.23. The third kappa shape index (κ3) is 4.77. The van der Waals surface area contributed by atoms with E-state index in [1.165, 1.54) is 6.07 Å². The number of carbonyl (C=O) groups excluding carboxylic acids is 1. The molecule has 2 bridgehead atoms. The van der Waals surface area contributed by atoms with E-state index < -0.39 is 45.6 Å². The van der Waals surface area contributed by atoms with E-state index >= 15 is 0 Å². The first-order valence-electron chi connectivity index (χ1n) is 11.2. The Kier molecular flexibility index (Phi) is 6.74. The van der Waals surface area contributed by atoms with E-state index in [1.807, 2.05) is 0 Å². The highest BCUT2D eigenvalue weighted by Crippen LogP contribution is 2.40. The summed E-state index contributed by atoms with van der Waals surface area (Å²) in [6, 6.07) is 1.12. The van der Waals surface area contributed by atoms with Gasteiger partial charge in [0.15, 0.2) is 18.2 Å². The van der Waals surface area contributed by atoms with Crippen LogP contribution in [-0.2, 0) is 19.6 Å². The largest absolute Gasteiger partial charge is 0.480 e. The molecule has 32 heavy (non-hydrogen) atoms. The Morgan fingerprint density at radius 3 is 2.53 bits per heavy atom. The van der Waals surface area contributed by atoms with E-state index in [0.717, 1.165) is 6.07 Å². The summed E-state index contributed by atoms with van der Waals surface area (Å²) in [5.74, 6) is -2.01. The van der Waals surface area contributed by atoms with E-state index in [2.05, 4.69) is 4.72 Å². The van der Waals surface area contributed by atoms with Gasteiger partial charge in [-0.25, -0.2) is 21.9 Å². The maximum atomic E-state index is 14.6. The standard InChI is InChI=1S/C22H30F2N2O5S/c1-13(2)32(28,29)25-19-7-8-26-20(19)11-30-16-5-3-14(4-6-16)17-9-15(23)10-18(24)22(17)31-12-21(26)27/h9-10,13-14,16,19-20,25H,3-8,11-12H2,1-2H3/t14?,16?,19-,20-/m0/s1. The van der Waals surface area contributed by atoms with Crippen molar-refractivity contribution in [3.8, 4) is 5.75 Å². The molecule has 2 fully saturated rings. The summed E-state index contributed by atoms with van der Waals surface area (Å²) in [4.78, 5) is 14.5. The fraction of sp³-hybridized carbons (Fsp3) is 0.682. The third-order valence-electron chi connectivity index (χ3n) is 6.80. The Morgan fingerprint density at radius 2 is 1.84 bits per heavy atom. The number of hydrogen-bond acceptors (Lipinski definition) is 5. The first-order chi connectivity index (χ1) is 15.2. The van der Waals surface area contributed by atoms with Gasteiger partial charge < -0.3 is 14.4 Å². The minimum Gasteiger partial charge on any atom is -0.480 e. The molecule has 5 rings (SSSR count). The van der Waals surface area contributed by atoms with Crippen LogP contribution in [0, 0.1) is 11.6 Å². The molecule has 0 radical (unpaired) electrons. The molecule has 1 aromatic rings. The summed E-state index contributed by atoms with van der Waals surface area (Å²) in [7, 11) is -3.53. The molecule has 3 heterocycles. The van der Waals surface area contributed by atoms with Crippen LogP contribution < -0.4 is 9.46 Å². The first kappa shape index (κ1) is 23.4. The Balaban J connectivity index is 1.62. The summed E-state index contributed by atoms with van der Waals surface area (Å²) in [5, 5.41) is -0.596. The van der Waals surface area contributed by atoms with E-state index in [9.17, 15) is 22.0 Å². The second-order valence-corrected chi connectivity index (χ2v) is 11.4. The maximum absolute atomic E-state index is 14.6. The van der Waals surface area contributed by atoms with Crippen molar-refractivity contribution in [3.05, 3.63) is 29.3 Å². The van der Waals surface area contributed by atoms with Crippen molar-refractivity contribution in [2.75, 3.05) is 19.8 Å². The summed E-state index contributed by atoms with van der Waals surface area (Å²) in [5.41, 5.74) is 0.452. The molecule has 0 aromatic heterocycles. The van der Waals surface area contributed by atoms with Crippen LogP contribution in [0.4, 0.5) is 8.78 Å². The molecular formula is C22H30F2N2O5S. The molecule has 1 aliphatic carbocycles. The number of nitrogens with zero attached hydrogens (tertiary/aromatic N) is 1. The molecule has 2 atom stereocenters. The van der Waals surface area contributed by atoms with E-state index in [4.69, 9.17) is 9.47 Å². The molecule has 0 unspecified atom stereocenters. The molecular weight excluding hydrogens is 442 g/mol. The molecule has 1 saturated carbocycles. The Bertz CT molecular complexity index is 963. The fourth-order valence-corrected chi connectivity index (χ4v) is 5.85.